The van der Waals surface area contributed by atoms with Gasteiger partial charge in [-0.2, -0.15) is 8.78 Å². The zero-order chi connectivity index (χ0) is 14.0. The van der Waals surface area contributed by atoms with Crippen LogP contribution < -0.4 is 14.8 Å². The molecule has 1 aliphatic rings. The Hall–Kier alpha value is -1.83. The van der Waals surface area contributed by atoms with Crippen LogP contribution in [0.15, 0.2) is 18.2 Å². The van der Waals surface area contributed by atoms with E-state index in [-0.39, 0.29) is 12.4 Å². The highest BCUT2D eigenvalue weighted by Gasteiger charge is 2.40. The van der Waals surface area contributed by atoms with Gasteiger partial charge in [0.2, 0.25) is 6.79 Å². The predicted molar refractivity (Wildman–Crippen MR) is 55.8 cm³/mol. The maximum Gasteiger partial charge on any atom is 0.362 e. The molecular formula is C11H9F4NO3. The molecule has 0 saturated heterocycles. The summed E-state index contributed by atoms with van der Waals surface area (Å²) in [5.74, 6) is -0.00693. The summed E-state index contributed by atoms with van der Waals surface area (Å²) in [6.45, 7) is -0.897. The second-order valence-corrected chi connectivity index (χ2v) is 3.77. The standard InChI is InChI=1S/C11H9F4NO3/c12-10(13)11(14,15)16-4-7(17)6-1-2-8-9(3-6)19-5-18-8/h1-3,10,16H,4-5H2. The smallest absolute Gasteiger partial charge is 0.362 e. The molecule has 1 N–H and O–H groups in total. The van der Waals surface area contributed by atoms with Gasteiger partial charge in [-0.3, -0.25) is 4.79 Å². The average molecular weight is 279 g/mol. The zero-order valence-electron chi connectivity index (χ0n) is 9.46. The molecule has 0 saturated carbocycles. The first-order valence-corrected chi connectivity index (χ1v) is 5.24. The SMILES string of the molecule is O=C(CNC(F)(F)C(F)F)c1ccc2c(c1)OCO2. The molecule has 0 unspecified atom stereocenters. The minimum atomic E-state index is -4.40. The van der Waals surface area contributed by atoms with E-state index in [1.165, 1.54) is 23.5 Å². The van der Waals surface area contributed by atoms with Crippen LogP contribution >= 0.6 is 0 Å². The number of Topliss-reactive ketones (excluding diaryl/α,β-unsaturated/α-hetero) is 1. The lowest BCUT2D eigenvalue weighted by Crippen LogP contribution is -2.45. The molecule has 0 spiro atoms. The fourth-order valence-electron chi connectivity index (χ4n) is 1.45. The van der Waals surface area contributed by atoms with Crippen LogP contribution in [0.5, 0.6) is 11.5 Å². The van der Waals surface area contributed by atoms with Crippen molar-refractivity contribution >= 4 is 5.78 Å². The fourth-order valence-corrected chi connectivity index (χ4v) is 1.45. The number of carbonyl (C=O) groups excluding carboxylic acids is 1. The Morgan fingerprint density at radius 1 is 1.32 bits per heavy atom. The van der Waals surface area contributed by atoms with Gasteiger partial charge in [0, 0.05) is 5.56 Å². The van der Waals surface area contributed by atoms with Crippen molar-refractivity contribution in [2.75, 3.05) is 13.3 Å². The van der Waals surface area contributed by atoms with E-state index in [1.54, 1.807) is 0 Å². The molecule has 1 heterocycles. The second-order valence-electron chi connectivity index (χ2n) is 3.77. The fraction of sp³-hybridized carbons (Fsp3) is 0.364. The van der Waals surface area contributed by atoms with E-state index in [9.17, 15) is 22.4 Å². The van der Waals surface area contributed by atoms with Crippen LogP contribution in [0.1, 0.15) is 10.4 Å². The Kier molecular flexibility index (Phi) is 3.61. The summed E-state index contributed by atoms with van der Waals surface area (Å²) < 4.78 is 59.0. The molecule has 8 heteroatoms. The topological polar surface area (TPSA) is 47.6 Å². The number of ether oxygens (including phenoxy) is 2. The quantitative estimate of drug-likeness (QED) is 0.509. The number of fused-ring (bicyclic) bond motifs is 1. The Morgan fingerprint density at radius 3 is 2.68 bits per heavy atom. The third kappa shape index (κ3) is 2.95. The van der Waals surface area contributed by atoms with E-state index in [0.29, 0.717) is 11.5 Å². The predicted octanol–water partition coefficient (Wildman–Crippen LogP) is 2.05. The maximum absolute atomic E-state index is 12.6. The Balaban J connectivity index is 2.01. The number of hydrogen-bond acceptors (Lipinski definition) is 4. The highest BCUT2D eigenvalue weighted by atomic mass is 19.3. The average Bonchev–Trinajstić information content (AvgIpc) is 2.82. The molecule has 19 heavy (non-hydrogen) atoms. The van der Waals surface area contributed by atoms with Gasteiger partial charge in [0.15, 0.2) is 17.3 Å². The molecule has 1 aromatic carbocycles. The number of carbonyl (C=O) groups is 1. The lowest BCUT2D eigenvalue weighted by atomic mass is 10.1. The van der Waals surface area contributed by atoms with Crippen LogP contribution in [0.2, 0.25) is 0 Å². The Morgan fingerprint density at radius 2 is 2.00 bits per heavy atom. The minimum Gasteiger partial charge on any atom is -0.454 e. The molecule has 0 atom stereocenters. The number of rotatable bonds is 5. The van der Waals surface area contributed by atoms with Gasteiger partial charge in [0.25, 0.3) is 0 Å². The number of halogens is 4. The number of hydrogen-bond donors (Lipinski definition) is 1. The summed E-state index contributed by atoms with van der Waals surface area (Å²) >= 11 is 0. The molecule has 4 nitrogen and oxygen atoms in total. The summed E-state index contributed by atoms with van der Waals surface area (Å²) in [7, 11) is 0. The van der Waals surface area contributed by atoms with Crippen LogP contribution in [0.25, 0.3) is 0 Å². The van der Waals surface area contributed by atoms with Crippen LogP contribution in [0.4, 0.5) is 17.6 Å². The lowest BCUT2D eigenvalue weighted by Gasteiger charge is -2.16. The molecule has 0 amide bonds. The third-order valence-corrected chi connectivity index (χ3v) is 2.45. The zero-order valence-corrected chi connectivity index (χ0v) is 9.46. The molecule has 104 valence electrons. The van der Waals surface area contributed by atoms with Crippen molar-refractivity contribution in [3.8, 4) is 11.5 Å². The van der Waals surface area contributed by atoms with Crippen molar-refractivity contribution in [3.63, 3.8) is 0 Å². The Bertz CT molecular complexity index is 493. The molecule has 0 aliphatic carbocycles. The van der Waals surface area contributed by atoms with Gasteiger partial charge in [-0.05, 0) is 18.2 Å². The Labute approximate surface area is 105 Å². The van der Waals surface area contributed by atoms with E-state index in [1.807, 2.05) is 0 Å². The van der Waals surface area contributed by atoms with Crippen molar-refractivity contribution in [1.82, 2.24) is 5.32 Å². The molecule has 0 aromatic heterocycles. The second kappa shape index (κ2) is 5.04. The first-order chi connectivity index (χ1) is 8.90. The number of nitrogens with one attached hydrogen (secondary N) is 1. The molecule has 2 rings (SSSR count). The number of benzene rings is 1. The number of alkyl halides is 4. The normalized spacial score (nSPS) is 13.9. The molecular weight excluding hydrogens is 270 g/mol. The van der Waals surface area contributed by atoms with Crippen LogP contribution in [0.3, 0.4) is 0 Å². The molecule has 0 bridgehead atoms. The van der Waals surface area contributed by atoms with Crippen molar-refractivity contribution in [3.05, 3.63) is 23.8 Å². The molecule has 0 radical (unpaired) electrons. The third-order valence-electron chi connectivity index (χ3n) is 2.45. The number of ketones is 1. The lowest BCUT2D eigenvalue weighted by molar-refractivity contribution is -0.149. The van der Waals surface area contributed by atoms with Gasteiger partial charge >= 0.3 is 12.5 Å². The van der Waals surface area contributed by atoms with Crippen molar-refractivity contribution < 1.29 is 31.8 Å². The highest BCUT2D eigenvalue weighted by Crippen LogP contribution is 2.32. The van der Waals surface area contributed by atoms with Crippen molar-refractivity contribution in [1.29, 1.82) is 0 Å². The molecule has 1 aliphatic heterocycles. The van der Waals surface area contributed by atoms with Gasteiger partial charge in [0.05, 0.1) is 6.54 Å². The molecule has 1 aromatic rings. The monoisotopic (exact) mass is 279 g/mol. The van der Waals surface area contributed by atoms with Gasteiger partial charge in [-0.25, -0.2) is 14.1 Å². The van der Waals surface area contributed by atoms with Crippen LogP contribution in [0, 0.1) is 0 Å². The minimum absolute atomic E-state index is 0.00861. The van der Waals surface area contributed by atoms with Crippen molar-refractivity contribution in [2.45, 2.75) is 12.5 Å². The molecule has 0 fully saturated rings. The first kappa shape index (κ1) is 13.6. The van der Waals surface area contributed by atoms with Gasteiger partial charge < -0.3 is 9.47 Å². The van der Waals surface area contributed by atoms with Gasteiger partial charge in [0.1, 0.15) is 0 Å². The van der Waals surface area contributed by atoms with Crippen LogP contribution in [-0.4, -0.2) is 31.6 Å². The summed E-state index contributed by atoms with van der Waals surface area (Å²) in [6, 6.07) is -0.294. The summed E-state index contributed by atoms with van der Waals surface area (Å²) in [5, 5.41) is 1.22. The van der Waals surface area contributed by atoms with E-state index in [0.717, 1.165) is 0 Å². The van der Waals surface area contributed by atoms with E-state index >= 15 is 0 Å². The first-order valence-electron chi connectivity index (χ1n) is 5.24. The summed E-state index contributed by atoms with van der Waals surface area (Å²) in [6.07, 6.45) is -3.88. The largest absolute Gasteiger partial charge is 0.454 e. The summed E-state index contributed by atoms with van der Waals surface area (Å²) in [5.41, 5.74) is 0.0711. The summed E-state index contributed by atoms with van der Waals surface area (Å²) in [4.78, 5) is 11.6. The van der Waals surface area contributed by atoms with Gasteiger partial charge in [-0.15, -0.1) is 0 Å². The van der Waals surface area contributed by atoms with Gasteiger partial charge in [-0.1, -0.05) is 0 Å². The van der Waals surface area contributed by atoms with E-state index < -0.39 is 24.8 Å². The highest BCUT2D eigenvalue weighted by molar-refractivity contribution is 5.98. The van der Waals surface area contributed by atoms with E-state index in [4.69, 9.17) is 9.47 Å². The van der Waals surface area contributed by atoms with E-state index in [2.05, 4.69) is 0 Å². The van der Waals surface area contributed by atoms with Crippen LogP contribution in [-0.2, 0) is 0 Å². The van der Waals surface area contributed by atoms with Crippen molar-refractivity contribution in [2.24, 2.45) is 0 Å². The maximum atomic E-state index is 12.6.